The number of nitro groups is 1. The molecular weight excluding hydrogens is 214 g/mol. The molecular formula is C8H9N5O3. The lowest BCUT2D eigenvalue weighted by Crippen LogP contribution is -2.13. The normalized spacial score (nSPS) is 10.6. The van der Waals surface area contributed by atoms with Crippen LogP contribution >= 0.6 is 0 Å². The fourth-order valence-electron chi connectivity index (χ4n) is 1.35. The number of hydrogen-bond donors (Lipinski definition) is 2. The lowest BCUT2D eigenvalue weighted by molar-refractivity contribution is -0.383. The van der Waals surface area contributed by atoms with E-state index in [9.17, 15) is 10.1 Å². The van der Waals surface area contributed by atoms with E-state index in [1.54, 1.807) is 6.07 Å². The molecule has 0 saturated carbocycles. The molecule has 0 fully saturated rings. The Morgan fingerprint density at radius 1 is 1.44 bits per heavy atom. The molecule has 0 atom stereocenters. The predicted molar refractivity (Wildman–Crippen MR) is 56.0 cm³/mol. The predicted octanol–water partition coefficient (Wildman–Crippen LogP) is 0.502. The maximum atomic E-state index is 10.7. The Morgan fingerprint density at radius 3 is 2.88 bits per heavy atom. The van der Waals surface area contributed by atoms with Crippen molar-refractivity contribution >= 4 is 22.4 Å². The van der Waals surface area contributed by atoms with E-state index in [0.29, 0.717) is 24.3 Å². The minimum absolute atomic E-state index is 0.130. The molecule has 0 aliphatic rings. The van der Waals surface area contributed by atoms with E-state index in [2.05, 4.69) is 20.3 Å². The number of nitrogens with two attached hydrogens (primary N) is 1. The van der Waals surface area contributed by atoms with Gasteiger partial charge in [-0.05, 0) is 16.4 Å². The Labute approximate surface area is 89.5 Å². The van der Waals surface area contributed by atoms with Crippen LogP contribution in [0, 0.1) is 10.1 Å². The number of non-ortho nitro benzene ring substituents is 1. The Kier molecular flexibility index (Phi) is 2.64. The van der Waals surface area contributed by atoms with Crippen LogP contribution in [0.1, 0.15) is 0 Å². The number of fused-ring (bicyclic) bond motifs is 1. The summed E-state index contributed by atoms with van der Waals surface area (Å²) in [7, 11) is 0. The van der Waals surface area contributed by atoms with Crippen LogP contribution < -0.4 is 11.1 Å². The molecule has 0 unspecified atom stereocenters. The van der Waals surface area contributed by atoms with E-state index >= 15 is 0 Å². The average molecular weight is 223 g/mol. The van der Waals surface area contributed by atoms with Gasteiger partial charge in [0.05, 0.1) is 10.6 Å². The van der Waals surface area contributed by atoms with Gasteiger partial charge in [-0.3, -0.25) is 10.1 Å². The van der Waals surface area contributed by atoms with Crippen LogP contribution in [0.3, 0.4) is 0 Å². The second kappa shape index (κ2) is 4.11. The lowest BCUT2D eigenvalue weighted by atomic mass is 10.2. The highest BCUT2D eigenvalue weighted by Crippen LogP contribution is 2.28. The van der Waals surface area contributed by atoms with E-state index in [1.165, 1.54) is 6.07 Å². The van der Waals surface area contributed by atoms with Crippen molar-refractivity contribution in [2.24, 2.45) is 5.73 Å². The van der Waals surface area contributed by atoms with Gasteiger partial charge in [-0.1, -0.05) is 0 Å². The molecule has 8 nitrogen and oxygen atoms in total. The van der Waals surface area contributed by atoms with Crippen molar-refractivity contribution in [3.8, 4) is 0 Å². The van der Waals surface area contributed by atoms with Gasteiger partial charge in [-0.25, -0.2) is 4.63 Å². The molecule has 0 bridgehead atoms. The summed E-state index contributed by atoms with van der Waals surface area (Å²) in [6.45, 7) is 0.990. The lowest BCUT2D eigenvalue weighted by Gasteiger charge is -2.03. The van der Waals surface area contributed by atoms with E-state index in [0.717, 1.165) is 0 Å². The number of benzene rings is 1. The average Bonchev–Trinajstić information content (AvgIpc) is 2.74. The summed E-state index contributed by atoms with van der Waals surface area (Å²) in [5.41, 5.74) is 6.30. The zero-order chi connectivity index (χ0) is 11.5. The maximum Gasteiger partial charge on any atom is 0.300 e. The number of aromatic nitrogens is 2. The zero-order valence-corrected chi connectivity index (χ0v) is 8.21. The van der Waals surface area contributed by atoms with Crippen LogP contribution in [0.15, 0.2) is 16.8 Å². The summed E-state index contributed by atoms with van der Waals surface area (Å²) in [5.74, 6) is 0. The minimum Gasteiger partial charge on any atom is -0.382 e. The monoisotopic (exact) mass is 223 g/mol. The molecule has 8 heteroatoms. The van der Waals surface area contributed by atoms with Gasteiger partial charge >= 0.3 is 5.69 Å². The molecule has 1 aromatic heterocycles. The molecule has 0 aliphatic carbocycles. The first kappa shape index (κ1) is 10.3. The Balaban J connectivity index is 2.50. The smallest absolute Gasteiger partial charge is 0.300 e. The van der Waals surface area contributed by atoms with Crippen molar-refractivity contribution < 1.29 is 9.55 Å². The highest BCUT2D eigenvalue weighted by atomic mass is 16.6. The van der Waals surface area contributed by atoms with Gasteiger partial charge in [0.1, 0.15) is 0 Å². The zero-order valence-electron chi connectivity index (χ0n) is 8.21. The van der Waals surface area contributed by atoms with Gasteiger partial charge in [-0.15, -0.1) is 0 Å². The Hall–Kier alpha value is -2.22. The van der Waals surface area contributed by atoms with Crippen molar-refractivity contribution in [3.63, 3.8) is 0 Å². The largest absolute Gasteiger partial charge is 0.382 e. The van der Waals surface area contributed by atoms with Gasteiger partial charge in [0.15, 0.2) is 5.52 Å². The SMILES string of the molecule is NCCNc1ccc([N+](=O)[O-])c2nonc12. The van der Waals surface area contributed by atoms with Crippen molar-refractivity contribution in [1.82, 2.24) is 10.3 Å². The first-order chi connectivity index (χ1) is 7.74. The molecule has 1 heterocycles. The summed E-state index contributed by atoms with van der Waals surface area (Å²) >= 11 is 0. The van der Waals surface area contributed by atoms with Crippen LogP contribution in [-0.4, -0.2) is 28.3 Å². The van der Waals surface area contributed by atoms with E-state index in [4.69, 9.17) is 5.73 Å². The number of nitro benzene ring substituents is 1. The second-order valence-electron chi connectivity index (χ2n) is 3.07. The van der Waals surface area contributed by atoms with Crippen LogP contribution in [0.25, 0.3) is 11.0 Å². The molecule has 0 amide bonds. The third-order valence-electron chi connectivity index (χ3n) is 2.05. The molecule has 0 radical (unpaired) electrons. The number of anilines is 1. The number of rotatable bonds is 4. The fourth-order valence-corrected chi connectivity index (χ4v) is 1.35. The minimum atomic E-state index is -0.529. The Morgan fingerprint density at radius 2 is 2.19 bits per heavy atom. The molecule has 2 aromatic rings. The van der Waals surface area contributed by atoms with E-state index in [1.807, 2.05) is 0 Å². The summed E-state index contributed by atoms with van der Waals surface area (Å²) in [6, 6.07) is 2.91. The van der Waals surface area contributed by atoms with E-state index in [-0.39, 0.29) is 11.2 Å². The number of nitrogens with zero attached hydrogens (tertiary/aromatic N) is 3. The fraction of sp³-hybridized carbons (Fsp3) is 0.250. The van der Waals surface area contributed by atoms with Crippen molar-refractivity contribution in [1.29, 1.82) is 0 Å². The molecule has 84 valence electrons. The third-order valence-corrected chi connectivity index (χ3v) is 2.05. The highest BCUT2D eigenvalue weighted by Gasteiger charge is 2.18. The van der Waals surface area contributed by atoms with Crippen molar-refractivity contribution in [2.45, 2.75) is 0 Å². The van der Waals surface area contributed by atoms with Gasteiger partial charge in [-0.2, -0.15) is 0 Å². The number of nitrogens with one attached hydrogen (secondary N) is 1. The molecule has 3 N–H and O–H groups in total. The molecule has 0 saturated heterocycles. The van der Waals surface area contributed by atoms with Gasteiger partial charge in [0.2, 0.25) is 5.52 Å². The summed E-state index contributed by atoms with van der Waals surface area (Å²) in [5, 5.41) is 20.8. The molecule has 16 heavy (non-hydrogen) atoms. The topological polar surface area (TPSA) is 120 Å². The maximum absolute atomic E-state index is 10.7. The summed E-state index contributed by atoms with van der Waals surface area (Å²) in [4.78, 5) is 10.2. The molecule has 1 aromatic carbocycles. The standard InChI is InChI=1S/C8H9N5O3/c9-3-4-10-5-1-2-6(13(14)15)8-7(5)11-16-12-8/h1-2,10H,3-4,9H2. The first-order valence-corrected chi connectivity index (χ1v) is 4.57. The summed E-state index contributed by atoms with van der Waals surface area (Å²) in [6.07, 6.45) is 0. The van der Waals surface area contributed by atoms with Gasteiger partial charge in [0, 0.05) is 19.2 Å². The quantitative estimate of drug-likeness (QED) is 0.571. The molecule has 0 aliphatic heterocycles. The second-order valence-corrected chi connectivity index (χ2v) is 3.07. The van der Waals surface area contributed by atoms with Crippen molar-refractivity contribution in [3.05, 3.63) is 22.2 Å². The highest BCUT2D eigenvalue weighted by molar-refractivity contribution is 5.93. The first-order valence-electron chi connectivity index (χ1n) is 4.57. The van der Waals surface area contributed by atoms with Gasteiger partial charge < -0.3 is 11.1 Å². The van der Waals surface area contributed by atoms with Crippen LogP contribution in [0.2, 0.25) is 0 Å². The van der Waals surface area contributed by atoms with Crippen LogP contribution in [-0.2, 0) is 0 Å². The van der Waals surface area contributed by atoms with Crippen molar-refractivity contribution in [2.75, 3.05) is 18.4 Å². The van der Waals surface area contributed by atoms with E-state index < -0.39 is 4.92 Å². The summed E-state index contributed by atoms with van der Waals surface area (Å²) < 4.78 is 4.50. The van der Waals surface area contributed by atoms with Crippen LogP contribution in [0.5, 0.6) is 0 Å². The van der Waals surface area contributed by atoms with Gasteiger partial charge in [0.25, 0.3) is 0 Å². The van der Waals surface area contributed by atoms with Crippen LogP contribution in [0.4, 0.5) is 11.4 Å². The number of hydrogen-bond acceptors (Lipinski definition) is 7. The Bertz CT molecular complexity index is 523. The third kappa shape index (κ3) is 1.65. The molecule has 0 spiro atoms. The molecule has 2 rings (SSSR count).